The third kappa shape index (κ3) is 1.35. The molecule has 70 valence electrons. The summed E-state index contributed by atoms with van der Waals surface area (Å²) in [6, 6.07) is 12.1. The van der Waals surface area contributed by atoms with Crippen LogP contribution in [0.15, 0.2) is 36.4 Å². The molecule has 0 saturated heterocycles. The van der Waals surface area contributed by atoms with Crippen LogP contribution < -0.4 is 5.73 Å². The molecule has 0 unspecified atom stereocenters. The molecule has 2 heteroatoms. The first-order valence-corrected chi connectivity index (χ1v) is 4.52. The van der Waals surface area contributed by atoms with E-state index in [1.54, 1.807) is 0 Å². The number of hydrogen-bond acceptors (Lipinski definition) is 1. The molecule has 0 aromatic heterocycles. The molecule has 0 aliphatic rings. The van der Waals surface area contributed by atoms with Gasteiger partial charge in [-0.2, -0.15) is 0 Å². The summed E-state index contributed by atoms with van der Waals surface area (Å²) in [5, 5.41) is 9.75. The van der Waals surface area contributed by atoms with E-state index >= 15 is 0 Å². The third-order valence-electron chi connectivity index (χ3n) is 2.38. The quantitative estimate of drug-likeness (QED) is 0.519. The second-order valence-corrected chi connectivity index (χ2v) is 3.43. The minimum absolute atomic E-state index is 0.133. The summed E-state index contributed by atoms with van der Waals surface area (Å²) in [6.45, 7) is 1.98. The first kappa shape index (κ1) is 8.75. The fourth-order valence-corrected chi connectivity index (χ4v) is 1.64. The lowest BCUT2D eigenvalue weighted by molar-refractivity contribution is 1.38. The smallest absolute Gasteiger partial charge is 0.123 e. The maximum Gasteiger partial charge on any atom is 0.123 e. The molecule has 3 N–H and O–H groups in total. The molecule has 0 radical (unpaired) electrons. The zero-order valence-corrected chi connectivity index (χ0v) is 8.04. The first-order chi connectivity index (χ1) is 6.68. The van der Waals surface area contributed by atoms with Crippen LogP contribution >= 0.6 is 0 Å². The summed E-state index contributed by atoms with van der Waals surface area (Å²) in [5.41, 5.74) is 7.36. The Morgan fingerprint density at radius 1 is 1.14 bits per heavy atom. The minimum atomic E-state index is 0.133. The van der Waals surface area contributed by atoms with Gasteiger partial charge in [0.15, 0.2) is 0 Å². The van der Waals surface area contributed by atoms with E-state index < -0.39 is 0 Å². The number of benzene rings is 2. The van der Waals surface area contributed by atoms with Crippen molar-refractivity contribution in [1.82, 2.24) is 0 Å². The number of fused-ring (bicyclic) bond motifs is 1. The largest absolute Gasteiger partial charge is 0.384 e. The molecule has 0 spiro atoms. The molecule has 0 aliphatic carbocycles. The van der Waals surface area contributed by atoms with Gasteiger partial charge in [-0.3, -0.25) is 5.41 Å². The van der Waals surface area contributed by atoms with Crippen LogP contribution in [0.2, 0.25) is 0 Å². The topological polar surface area (TPSA) is 49.9 Å². The molecule has 2 aromatic rings. The third-order valence-corrected chi connectivity index (χ3v) is 2.38. The van der Waals surface area contributed by atoms with Gasteiger partial charge in [-0.15, -0.1) is 0 Å². The predicted molar refractivity (Wildman–Crippen MR) is 59.7 cm³/mol. The standard InChI is InChI=1S/C12H12N2/c1-8-6-9-4-2-3-5-10(9)7-11(8)12(13)14/h2-7H,1H3,(H3,13,14). The van der Waals surface area contributed by atoms with Crippen molar-refractivity contribution in [3.05, 3.63) is 47.5 Å². The van der Waals surface area contributed by atoms with Gasteiger partial charge < -0.3 is 5.73 Å². The Bertz CT molecular complexity index is 501. The summed E-state index contributed by atoms with van der Waals surface area (Å²) >= 11 is 0. The summed E-state index contributed by atoms with van der Waals surface area (Å²) in [5.74, 6) is 0.133. The number of nitrogens with one attached hydrogen (secondary N) is 1. The van der Waals surface area contributed by atoms with Gasteiger partial charge in [0.05, 0.1) is 0 Å². The van der Waals surface area contributed by atoms with Gasteiger partial charge in [0.1, 0.15) is 5.84 Å². The van der Waals surface area contributed by atoms with Crippen molar-refractivity contribution in [3.63, 3.8) is 0 Å². The Morgan fingerprint density at radius 2 is 1.71 bits per heavy atom. The van der Waals surface area contributed by atoms with Crippen LogP contribution in [0.25, 0.3) is 10.8 Å². The highest BCUT2D eigenvalue weighted by Gasteiger charge is 2.02. The number of aryl methyl sites for hydroxylation is 1. The van der Waals surface area contributed by atoms with Crippen LogP contribution in [-0.2, 0) is 0 Å². The van der Waals surface area contributed by atoms with Crippen molar-refractivity contribution in [2.24, 2.45) is 5.73 Å². The van der Waals surface area contributed by atoms with Gasteiger partial charge in [-0.05, 0) is 29.3 Å². The maximum atomic E-state index is 7.43. The van der Waals surface area contributed by atoms with Gasteiger partial charge >= 0.3 is 0 Å². The van der Waals surface area contributed by atoms with Crippen molar-refractivity contribution in [1.29, 1.82) is 5.41 Å². The van der Waals surface area contributed by atoms with Crippen LogP contribution in [-0.4, -0.2) is 5.84 Å². The Balaban J connectivity index is 2.77. The molecular weight excluding hydrogens is 172 g/mol. The van der Waals surface area contributed by atoms with Crippen molar-refractivity contribution >= 4 is 16.6 Å². The molecule has 14 heavy (non-hydrogen) atoms. The van der Waals surface area contributed by atoms with Crippen LogP contribution in [0.1, 0.15) is 11.1 Å². The maximum absolute atomic E-state index is 7.43. The van der Waals surface area contributed by atoms with Gasteiger partial charge in [-0.1, -0.05) is 30.3 Å². The molecule has 2 aromatic carbocycles. The van der Waals surface area contributed by atoms with Crippen molar-refractivity contribution in [2.75, 3.05) is 0 Å². The van der Waals surface area contributed by atoms with Crippen LogP contribution in [0.5, 0.6) is 0 Å². The normalized spacial score (nSPS) is 10.4. The van der Waals surface area contributed by atoms with E-state index in [0.29, 0.717) is 0 Å². The molecule has 0 atom stereocenters. The number of nitrogens with two attached hydrogens (primary N) is 1. The fraction of sp³-hybridized carbons (Fsp3) is 0.0833. The van der Waals surface area contributed by atoms with E-state index in [-0.39, 0.29) is 5.84 Å². The molecule has 0 heterocycles. The van der Waals surface area contributed by atoms with E-state index in [2.05, 4.69) is 12.1 Å². The fourth-order valence-electron chi connectivity index (χ4n) is 1.64. The average Bonchev–Trinajstić information content (AvgIpc) is 2.16. The lowest BCUT2D eigenvalue weighted by Gasteiger charge is -2.05. The number of hydrogen-bond donors (Lipinski definition) is 2. The van der Waals surface area contributed by atoms with Gasteiger partial charge in [0, 0.05) is 5.56 Å². The van der Waals surface area contributed by atoms with E-state index in [9.17, 15) is 0 Å². The highest BCUT2D eigenvalue weighted by molar-refractivity contribution is 6.00. The van der Waals surface area contributed by atoms with E-state index in [1.165, 1.54) is 5.39 Å². The molecule has 2 nitrogen and oxygen atoms in total. The monoisotopic (exact) mass is 184 g/mol. The molecule has 0 aliphatic heterocycles. The van der Waals surface area contributed by atoms with Crippen LogP contribution in [0, 0.1) is 12.3 Å². The van der Waals surface area contributed by atoms with Crippen molar-refractivity contribution in [3.8, 4) is 0 Å². The molecule has 0 fully saturated rings. The molecular formula is C12H12N2. The van der Waals surface area contributed by atoms with Gasteiger partial charge in [-0.25, -0.2) is 0 Å². The van der Waals surface area contributed by atoms with E-state index in [0.717, 1.165) is 16.5 Å². The number of rotatable bonds is 1. The Labute approximate surface area is 82.9 Å². The lowest BCUT2D eigenvalue weighted by Crippen LogP contribution is -2.12. The lowest BCUT2D eigenvalue weighted by atomic mass is 10.0. The highest BCUT2D eigenvalue weighted by Crippen LogP contribution is 2.18. The first-order valence-electron chi connectivity index (χ1n) is 4.52. The zero-order valence-electron chi connectivity index (χ0n) is 8.04. The van der Waals surface area contributed by atoms with E-state index in [4.69, 9.17) is 11.1 Å². The number of nitrogen functional groups attached to an aromatic ring is 1. The van der Waals surface area contributed by atoms with Gasteiger partial charge in [0.2, 0.25) is 0 Å². The van der Waals surface area contributed by atoms with Gasteiger partial charge in [0.25, 0.3) is 0 Å². The average molecular weight is 184 g/mol. The Morgan fingerprint density at radius 3 is 2.29 bits per heavy atom. The molecule has 2 rings (SSSR count). The van der Waals surface area contributed by atoms with Crippen molar-refractivity contribution < 1.29 is 0 Å². The van der Waals surface area contributed by atoms with Crippen molar-refractivity contribution in [2.45, 2.75) is 6.92 Å². The summed E-state index contributed by atoms with van der Waals surface area (Å²) in [4.78, 5) is 0. The van der Waals surface area contributed by atoms with Crippen LogP contribution in [0.3, 0.4) is 0 Å². The van der Waals surface area contributed by atoms with E-state index in [1.807, 2.05) is 31.2 Å². The zero-order chi connectivity index (χ0) is 10.1. The molecule has 0 bridgehead atoms. The molecule has 0 amide bonds. The SMILES string of the molecule is Cc1cc2ccccc2cc1C(=N)N. The minimum Gasteiger partial charge on any atom is -0.384 e. The second-order valence-electron chi connectivity index (χ2n) is 3.43. The van der Waals surface area contributed by atoms with Crippen LogP contribution in [0.4, 0.5) is 0 Å². The summed E-state index contributed by atoms with van der Waals surface area (Å²) in [7, 11) is 0. The Kier molecular flexibility index (Phi) is 1.97. The molecule has 0 saturated carbocycles. The predicted octanol–water partition coefficient (Wildman–Crippen LogP) is 2.43. The highest BCUT2D eigenvalue weighted by atomic mass is 14.7. The second kappa shape index (κ2) is 3.14. The summed E-state index contributed by atoms with van der Waals surface area (Å²) in [6.07, 6.45) is 0. The number of amidine groups is 1. The Hall–Kier alpha value is -1.83. The summed E-state index contributed by atoms with van der Waals surface area (Å²) < 4.78 is 0.